The van der Waals surface area contributed by atoms with E-state index in [0.717, 1.165) is 5.56 Å². The lowest BCUT2D eigenvalue weighted by molar-refractivity contribution is -0.117. The predicted molar refractivity (Wildman–Crippen MR) is 59.1 cm³/mol. The van der Waals surface area contributed by atoms with Crippen molar-refractivity contribution in [3.05, 3.63) is 23.8 Å². The number of aromatic nitrogens is 1. The Kier molecular flexibility index (Phi) is 2.48. The summed E-state index contributed by atoms with van der Waals surface area (Å²) < 4.78 is 4.95. The monoisotopic (exact) mass is 215 g/mol. The number of primary amides is 1. The van der Waals surface area contributed by atoms with E-state index in [0.29, 0.717) is 16.8 Å². The molecule has 0 fully saturated rings. The molecule has 1 heterocycles. The van der Waals surface area contributed by atoms with Gasteiger partial charge in [-0.1, -0.05) is 17.0 Å². The molecule has 0 spiro atoms. The van der Waals surface area contributed by atoms with Crippen LogP contribution in [0.2, 0.25) is 0 Å². The van der Waals surface area contributed by atoms with Gasteiger partial charge in [-0.05, 0) is 18.2 Å². The summed E-state index contributed by atoms with van der Waals surface area (Å²) in [6, 6.07) is 5.25. The van der Waals surface area contributed by atoms with Gasteiger partial charge >= 0.3 is 0 Å². The molecular weight excluding hydrogens is 206 g/mol. The van der Waals surface area contributed by atoms with Crippen molar-refractivity contribution in [3.63, 3.8) is 0 Å². The van der Waals surface area contributed by atoms with Crippen LogP contribution in [0.25, 0.3) is 11.0 Å². The SMILES string of the molecule is NC(=O)CC#Cc1ccc2onc(N)c2c1. The molecule has 1 aromatic carbocycles. The fraction of sp³-hybridized carbons (Fsp3) is 0.0909. The zero-order valence-corrected chi connectivity index (χ0v) is 8.36. The minimum absolute atomic E-state index is 0.0388. The molecule has 0 radical (unpaired) electrons. The first-order valence-electron chi connectivity index (χ1n) is 4.59. The molecule has 0 saturated carbocycles. The summed E-state index contributed by atoms with van der Waals surface area (Å²) in [5.41, 5.74) is 11.9. The number of nitrogens with two attached hydrogens (primary N) is 2. The van der Waals surface area contributed by atoms with Crippen molar-refractivity contribution in [2.45, 2.75) is 6.42 Å². The van der Waals surface area contributed by atoms with E-state index in [1.165, 1.54) is 0 Å². The number of anilines is 1. The second-order valence-electron chi connectivity index (χ2n) is 3.22. The second kappa shape index (κ2) is 3.95. The molecule has 5 nitrogen and oxygen atoms in total. The fourth-order valence-corrected chi connectivity index (χ4v) is 1.27. The maximum absolute atomic E-state index is 10.5. The standard InChI is InChI=1S/C11H9N3O2/c12-10(15)3-1-2-7-4-5-9-8(6-7)11(13)14-16-9/h4-6H,3H2,(H2,12,15)(H2,13,14). The van der Waals surface area contributed by atoms with Crippen molar-refractivity contribution in [3.8, 4) is 11.8 Å². The van der Waals surface area contributed by atoms with E-state index in [1.54, 1.807) is 18.2 Å². The average Bonchev–Trinajstić information content (AvgIpc) is 2.60. The highest BCUT2D eigenvalue weighted by Crippen LogP contribution is 2.20. The van der Waals surface area contributed by atoms with Gasteiger partial charge in [0.1, 0.15) is 0 Å². The maximum Gasteiger partial charge on any atom is 0.229 e. The molecule has 2 rings (SSSR count). The van der Waals surface area contributed by atoms with E-state index in [2.05, 4.69) is 17.0 Å². The van der Waals surface area contributed by atoms with Gasteiger partial charge < -0.3 is 16.0 Å². The van der Waals surface area contributed by atoms with E-state index >= 15 is 0 Å². The molecule has 0 aliphatic rings. The largest absolute Gasteiger partial charge is 0.380 e. The Morgan fingerprint density at radius 3 is 3.06 bits per heavy atom. The molecular formula is C11H9N3O2. The first-order valence-corrected chi connectivity index (χ1v) is 4.59. The van der Waals surface area contributed by atoms with Crippen LogP contribution in [0.4, 0.5) is 5.82 Å². The van der Waals surface area contributed by atoms with Crippen LogP contribution in [-0.2, 0) is 4.79 Å². The van der Waals surface area contributed by atoms with Crippen LogP contribution in [0.3, 0.4) is 0 Å². The molecule has 80 valence electrons. The Hall–Kier alpha value is -2.48. The van der Waals surface area contributed by atoms with E-state index in [-0.39, 0.29) is 6.42 Å². The first kappa shape index (κ1) is 10.1. The second-order valence-corrected chi connectivity index (χ2v) is 3.22. The van der Waals surface area contributed by atoms with Gasteiger partial charge in [0.25, 0.3) is 0 Å². The number of fused-ring (bicyclic) bond motifs is 1. The van der Waals surface area contributed by atoms with Gasteiger partial charge in [-0.3, -0.25) is 4.79 Å². The zero-order valence-electron chi connectivity index (χ0n) is 8.36. The highest BCUT2D eigenvalue weighted by molar-refractivity contribution is 5.88. The van der Waals surface area contributed by atoms with Crippen LogP contribution >= 0.6 is 0 Å². The lowest BCUT2D eigenvalue weighted by atomic mass is 10.1. The van der Waals surface area contributed by atoms with Gasteiger partial charge in [-0.15, -0.1) is 0 Å². The summed E-state index contributed by atoms with van der Waals surface area (Å²) in [5.74, 6) is 5.35. The molecule has 0 atom stereocenters. The van der Waals surface area contributed by atoms with Gasteiger partial charge in [0, 0.05) is 5.56 Å². The summed E-state index contributed by atoms with van der Waals surface area (Å²) in [7, 11) is 0. The van der Waals surface area contributed by atoms with Crippen LogP contribution in [0.1, 0.15) is 12.0 Å². The van der Waals surface area contributed by atoms with Gasteiger partial charge in [0.2, 0.25) is 5.91 Å². The molecule has 1 amide bonds. The highest BCUT2D eigenvalue weighted by Gasteiger charge is 2.04. The summed E-state index contributed by atoms with van der Waals surface area (Å²) in [6.45, 7) is 0. The smallest absolute Gasteiger partial charge is 0.229 e. The topological polar surface area (TPSA) is 95.1 Å². The first-order chi connectivity index (χ1) is 7.66. The molecule has 4 N–H and O–H groups in total. The van der Waals surface area contributed by atoms with Gasteiger partial charge in [0.15, 0.2) is 11.4 Å². The van der Waals surface area contributed by atoms with E-state index < -0.39 is 5.91 Å². The van der Waals surface area contributed by atoms with Crippen LogP contribution in [0.15, 0.2) is 22.7 Å². The molecule has 0 unspecified atom stereocenters. The minimum Gasteiger partial charge on any atom is -0.380 e. The summed E-state index contributed by atoms with van der Waals surface area (Å²) in [4.78, 5) is 10.5. The number of hydrogen-bond donors (Lipinski definition) is 2. The van der Waals surface area contributed by atoms with E-state index in [1.807, 2.05) is 0 Å². The van der Waals surface area contributed by atoms with Crippen LogP contribution in [-0.4, -0.2) is 11.1 Å². The van der Waals surface area contributed by atoms with Crippen molar-refractivity contribution in [1.82, 2.24) is 5.16 Å². The number of rotatable bonds is 1. The molecule has 0 aliphatic heterocycles. The molecule has 1 aromatic heterocycles. The number of benzene rings is 1. The van der Waals surface area contributed by atoms with Crippen LogP contribution in [0, 0.1) is 11.8 Å². The third-order valence-electron chi connectivity index (χ3n) is 1.99. The summed E-state index contributed by atoms with van der Waals surface area (Å²) in [6.07, 6.45) is 0.0388. The third-order valence-corrected chi connectivity index (χ3v) is 1.99. The minimum atomic E-state index is -0.446. The van der Waals surface area contributed by atoms with Crippen LogP contribution < -0.4 is 11.5 Å². The average molecular weight is 215 g/mol. The summed E-state index contributed by atoms with van der Waals surface area (Å²) in [5, 5.41) is 4.34. The summed E-state index contributed by atoms with van der Waals surface area (Å²) >= 11 is 0. The van der Waals surface area contributed by atoms with Crippen molar-refractivity contribution < 1.29 is 9.32 Å². The van der Waals surface area contributed by atoms with Crippen molar-refractivity contribution in [1.29, 1.82) is 0 Å². The number of hydrogen-bond acceptors (Lipinski definition) is 4. The van der Waals surface area contributed by atoms with Crippen molar-refractivity contribution >= 4 is 22.7 Å². The Morgan fingerprint density at radius 1 is 1.50 bits per heavy atom. The number of amides is 1. The Balaban J connectivity index is 2.34. The Morgan fingerprint density at radius 2 is 2.31 bits per heavy atom. The third kappa shape index (κ3) is 1.96. The van der Waals surface area contributed by atoms with Crippen molar-refractivity contribution in [2.24, 2.45) is 5.73 Å². The lowest BCUT2D eigenvalue weighted by Gasteiger charge is -1.90. The molecule has 0 bridgehead atoms. The molecule has 16 heavy (non-hydrogen) atoms. The zero-order chi connectivity index (χ0) is 11.5. The molecule has 0 saturated heterocycles. The molecule has 0 aliphatic carbocycles. The van der Waals surface area contributed by atoms with Crippen molar-refractivity contribution in [2.75, 3.05) is 5.73 Å². The number of carbonyl (C=O) groups is 1. The number of carbonyl (C=O) groups excluding carboxylic acids is 1. The highest BCUT2D eigenvalue weighted by atomic mass is 16.5. The predicted octanol–water partition coefficient (Wildman–Crippen LogP) is 0.637. The van der Waals surface area contributed by atoms with Gasteiger partial charge in [0.05, 0.1) is 11.8 Å². The number of nitrogens with zero attached hydrogens (tertiary/aromatic N) is 1. The van der Waals surface area contributed by atoms with E-state index in [9.17, 15) is 4.79 Å². The lowest BCUT2D eigenvalue weighted by Crippen LogP contribution is -2.08. The van der Waals surface area contributed by atoms with Gasteiger partial charge in [-0.25, -0.2) is 0 Å². The maximum atomic E-state index is 10.5. The molecule has 2 aromatic rings. The fourth-order valence-electron chi connectivity index (χ4n) is 1.27. The Labute approximate surface area is 91.4 Å². The Bertz CT molecular complexity index is 604. The van der Waals surface area contributed by atoms with Gasteiger partial charge in [-0.2, -0.15) is 0 Å². The van der Waals surface area contributed by atoms with E-state index in [4.69, 9.17) is 16.0 Å². The quantitative estimate of drug-likeness (QED) is 0.682. The molecule has 5 heteroatoms. The normalized spacial score (nSPS) is 9.75. The number of nitrogen functional groups attached to an aromatic ring is 1. The van der Waals surface area contributed by atoms with Crippen LogP contribution in [0.5, 0.6) is 0 Å².